The maximum atomic E-state index is 11.7. The molecule has 0 aliphatic heterocycles. The van der Waals surface area contributed by atoms with Crippen LogP contribution in [0.3, 0.4) is 0 Å². The summed E-state index contributed by atoms with van der Waals surface area (Å²) in [6, 6.07) is 6.01. The maximum absolute atomic E-state index is 11.7. The molecule has 1 aromatic carbocycles. The van der Waals surface area contributed by atoms with Crippen LogP contribution in [0.4, 0.5) is 0 Å². The van der Waals surface area contributed by atoms with E-state index in [2.05, 4.69) is 32.2 Å². The van der Waals surface area contributed by atoms with E-state index in [1.165, 1.54) is 18.8 Å². The van der Waals surface area contributed by atoms with Gasteiger partial charge in [-0.3, -0.25) is 9.59 Å². The number of rotatable bonds is 6. The number of tetrazole rings is 1. The van der Waals surface area contributed by atoms with Crippen molar-refractivity contribution >= 4 is 23.6 Å². The molecule has 2 aromatic rings. The number of thioether (sulfide) groups is 1. The van der Waals surface area contributed by atoms with Gasteiger partial charge in [-0.1, -0.05) is 17.8 Å². The molecule has 8 nitrogen and oxygen atoms in total. The number of aromatic nitrogens is 4. The number of nitrogens with zero attached hydrogens (tertiary/aromatic N) is 4. The van der Waals surface area contributed by atoms with Crippen molar-refractivity contribution in [2.45, 2.75) is 19.0 Å². The largest absolute Gasteiger partial charge is 0.358 e. The third-order valence-corrected chi connectivity index (χ3v) is 3.87. The molecule has 0 aliphatic rings. The van der Waals surface area contributed by atoms with Crippen LogP contribution in [0.2, 0.25) is 0 Å². The molecule has 2 amide bonds. The maximum Gasteiger partial charge on any atom is 0.239 e. The van der Waals surface area contributed by atoms with Crippen LogP contribution in [0.15, 0.2) is 23.4 Å². The minimum Gasteiger partial charge on any atom is -0.358 e. The van der Waals surface area contributed by atoms with Gasteiger partial charge in [-0.25, -0.2) is 0 Å². The summed E-state index contributed by atoms with van der Waals surface area (Å²) in [5, 5.41) is 17.1. The predicted octanol–water partition coefficient (Wildman–Crippen LogP) is 0.233. The molecule has 122 valence electrons. The number of amides is 2. The van der Waals surface area contributed by atoms with Gasteiger partial charge in [0, 0.05) is 7.05 Å². The van der Waals surface area contributed by atoms with Gasteiger partial charge >= 0.3 is 0 Å². The molecule has 2 N–H and O–H groups in total. The molecule has 0 saturated heterocycles. The standard InChI is InChI=1S/C14H18N6O2S/c1-9-4-10(2)6-11(5-9)20-14(17-18-19-20)23-8-13(22)16-7-12(21)15-3/h4-6H,7-8H2,1-3H3,(H,15,21)(H,16,22). The molecule has 0 bridgehead atoms. The van der Waals surface area contributed by atoms with E-state index in [4.69, 9.17) is 0 Å². The molecular formula is C14H18N6O2S. The summed E-state index contributed by atoms with van der Waals surface area (Å²) in [4.78, 5) is 22.8. The van der Waals surface area contributed by atoms with E-state index in [1.54, 1.807) is 4.68 Å². The minimum atomic E-state index is -0.256. The summed E-state index contributed by atoms with van der Waals surface area (Å²) < 4.78 is 1.59. The molecule has 1 aromatic heterocycles. The van der Waals surface area contributed by atoms with E-state index in [0.29, 0.717) is 5.16 Å². The molecule has 23 heavy (non-hydrogen) atoms. The third-order valence-electron chi connectivity index (χ3n) is 2.95. The lowest BCUT2D eigenvalue weighted by Crippen LogP contribution is -2.36. The average Bonchev–Trinajstić information content (AvgIpc) is 2.98. The molecule has 0 unspecified atom stereocenters. The van der Waals surface area contributed by atoms with Gasteiger partial charge in [0.1, 0.15) is 0 Å². The van der Waals surface area contributed by atoms with Gasteiger partial charge in [0.05, 0.1) is 18.0 Å². The zero-order chi connectivity index (χ0) is 16.8. The van der Waals surface area contributed by atoms with E-state index in [9.17, 15) is 9.59 Å². The first kappa shape index (κ1) is 16.9. The second kappa shape index (κ2) is 7.73. The minimum absolute atomic E-state index is 0.0437. The summed E-state index contributed by atoms with van der Waals surface area (Å²) in [6.07, 6.45) is 0. The Bertz CT molecular complexity index is 695. The van der Waals surface area contributed by atoms with Crippen molar-refractivity contribution in [2.75, 3.05) is 19.3 Å². The summed E-state index contributed by atoms with van der Waals surface area (Å²) in [5.41, 5.74) is 3.06. The first-order valence-corrected chi connectivity index (χ1v) is 7.95. The number of hydrogen-bond acceptors (Lipinski definition) is 6. The van der Waals surface area contributed by atoms with Gasteiger partial charge in [0.2, 0.25) is 17.0 Å². The van der Waals surface area contributed by atoms with Crippen LogP contribution in [0.1, 0.15) is 11.1 Å². The first-order valence-electron chi connectivity index (χ1n) is 6.96. The third kappa shape index (κ3) is 4.78. The number of carbonyl (C=O) groups is 2. The molecule has 0 aliphatic carbocycles. The van der Waals surface area contributed by atoms with Crippen LogP contribution in [0.5, 0.6) is 0 Å². The summed E-state index contributed by atoms with van der Waals surface area (Å²) in [5.74, 6) is -0.376. The monoisotopic (exact) mass is 334 g/mol. The fourth-order valence-electron chi connectivity index (χ4n) is 1.95. The normalized spacial score (nSPS) is 10.4. The Labute approximate surface area is 138 Å². The van der Waals surface area contributed by atoms with Crippen LogP contribution >= 0.6 is 11.8 Å². The van der Waals surface area contributed by atoms with E-state index in [0.717, 1.165) is 16.8 Å². The highest BCUT2D eigenvalue weighted by Gasteiger charge is 2.12. The number of carbonyl (C=O) groups excluding carboxylic acids is 2. The molecule has 0 fully saturated rings. The molecule has 1 heterocycles. The number of benzene rings is 1. The van der Waals surface area contributed by atoms with Gasteiger partial charge in [-0.2, -0.15) is 4.68 Å². The van der Waals surface area contributed by atoms with Crippen molar-refractivity contribution in [3.8, 4) is 5.69 Å². The Balaban J connectivity index is 2.01. The Hall–Kier alpha value is -2.42. The second-order valence-electron chi connectivity index (χ2n) is 4.96. The van der Waals surface area contributed by atoms with E-state index in [-0.39, 0.29) is 24.1 Å². The van der Waals surface area contributed by atoms with Crippen molar-refractivity contribution in [3.05, 3.63) is 29.3 Å². The lowest BCUT2D eigenvalue weighted by Gasteiger charge is -2.07. The Morgan fingerprint density at radius 1 is 1.17 bits per heavy atom. The number of likely N-dealkylation sites (N-methyl/N-ethyl adjacent to an activating group) is 1. The van der Waals surface area contributed by atoms with Crippen molar-refractivity contribution in [1.29, 1.82) is 0 Å². The highest BCUT2D eigenvalue weighted by Crippen LogP contribution is 2.19. The van der Waals surface area contributed by atoms with Gasteiger partial charge in [0.15, 0.2) is 0 Å². The van der Waals surface area contributed by atoms with E-state index in [1.807, 2.05) is 26.0 Å². The Kier molecular flexibility index (Phi) is 5.69. The Morgan fingerprint density at radius 3 is 2.52 bits per heavy atom. The lowest BCUT2D eigenvalue weighted by atomic mass is 10.1. The van der Waals surface area contributed by atoms with Gasteiger partial charge in [0.25, 0.3) is 0 Å². The van der Waals surface area contributed by atoms with Crippen LogP contribution in [-0.4, -0.2) is 51.4 Å². The smallest absolute Gasteiger partial charge is 0.239 e. The van der Waals surface area contributed by atoms with Gasteiger partial charge in [-0.15, -0.1) is 5.10 Å². The van der Waals surface area contributed by atoms with E-state index < -0.39 is 0 Å². The summed E-state index contributed by atoms with van der Waals surface area (Å²) in [7, 11) is 1.52. The fourth-order valence-corrected chi connectivity index (χ4v) is 2.67. The zero-order valence-electron chi connectivity index (χ0n) is 13.2. The molecule has 0 spiro atoms. The number of aryl methyl sites for hydroxylation is 2. The summed E-state index contributed by atoms with van der Waals surface area (Å²) in [6.45, 7) is 3.96. The second-order valence-corrected chi connectivity index (χ2v) is 5.90. The van der Waals surface area contributed by atoms with Crippen molar-refractivity contribution < 1.29 is 9.59 Å². The molecule has 0 atom stereocenters. The lowest BCUT2D eigenvalue weighted by molar-refractivity contribution is -0.124. The number of nitrogens with one attached hydrogen (secondary N) is 2. The molecule has 0 radical (unpaired) electrons. The van der Waals surface area contributed by atoms with Crippen LogP contribution in [-0.2, 0) is 9.59 Å². The van der Waals surface area contributed by atoms with Gasteiger partial charge in [-0.05, 0) is 47.5 Å². The number of hydrogen-bond donors (Lipinski definition) is 2. The molecule has 2 rings (SSSR count). The predicted molar refractivity (Wildman–Crippen MR) is 86.4 cm³/mol. The first-order chi connectivity index (χ1) is 11.0. The topological polar surface area (TPSA) is 102 Å². The molecular weight excluding hydrogens is 316 g/mol. The van der Waals surface area contributed by atoms with Crippen LogP contribution < -0.4 is 10.6 Å². The van der Waals surface area contributed by atoms with Crippen LogP contribution in [0.25, 0.3) is 5.69 Å². The molecule has 0 saturated carbocycles. The SMILES string of the molecule is CNC(=O)CNC(=O)CSc1nnnn1-c1cc(C)cc(C)c1. The summed E-state index contributed by atoms with van der Waals surface area (Å²) >= 11 is 1.21. The quantitative estimate of drug-likeness (QED) is 0.734. The van der Waals surface area contributed by atoms with Crippen molar-refractivity contribution in [1.82, 2.24) is 30.8 Å². The molecule has 9 heteroatoms. The van der Waals surface area contributed by atoms with Gasteiger partial charge < -0.3 is 10.6 Å². The fraction of sp³-hybridized carbons (Fsp3) is 0.357. The Morgan fingerprint density at radius 2 is 1.87 bits per heavy atom. The average molecular weight is 334 g/mol. The van der Waals surface area contributed by atoms with Crippen molar-refractivity contribution in [3.63, 3.8) is 0 Å². The van der Waals surface area contributed by atoms with Crippen LogP contribution in [0, 0.1) is 13.8 Å². The highest BCUT2D eigenvalue weighted by molar-refractivity contribution is 7.99. The zero-order valence-corrected chi connectivity index (χ0v) is 14.0. The highest BCUT2D eigenvalue weighted by atomic mass is 32.2. The van der Waals surface area contributed by atoms with E-state index >= 15 is 0 Å². The van der Waals surface area contributed by atoms with Crippen molar-refractivity contribution in [2.24, 2.45) is 0 Å².